The molecular weight excluding hydrogens is 228 g/mol. The van der Waals surface area contributed by atoms with Gasteiger partial charge in [0.05, 0.1) is 5.41 Å². The van der Waals surface area contributed by atoms with Gasteiger partial charge < -0.3 is 5.11 Å². The number of rotatable bonds is 4. The number of halogens is 1. The molecule has 1 aromatic rings. The third kappa shape index (κ3) is 1.95. The molecule has 0 atom stereocenters. The molecule has 0 radical (unpaired) electrons. The molecule has 1 aliphatic carbocycles. The Bertz CT molecular complexity index is 432. The highest BCUT2D eigenvalue weighted by Crippen LogP contribution is 2.49. The van der Waals surface area contributed by atoms with Gasteiger partial charge in [0.2, 0.25) is 0 Å². The van der Waals surface area contributed by atoms with Gasteiger partial charge in [0.15, 0.2) is 5.78 Å². The maximum Gasteiger partial charge on any atom is 0.310 e. The quantitative estimate of drug-likeness (QED) is 0.820. The van der Waals surface area contributed by atoms with Gasteiger partial charge in [-0.15, -0.1) is 0 Å². The Morgan fingerprint density at radius 2 is 1.81 bits per heavy atom. The van der Waals surface area contributed by atoms with E-state index in [2.05, 4.69) is 0 Å². The van der Waals surface area contributed by atoms with Gasteiger partial charge in [-0.3, -0.25) is 9.59 Å². The molecule has 1 fully saturated rings. The predicted molar refractivity (Wildman–Crippen MR) is 59.6 cm³/mol. The van der Waals surface area contributed by atoms with Crippen LogP contribution in [0.5, 0.6) is 0 Å². The van der Waals surface area contributed by atoms with Crippen LogP contribution in [0, 0.1) is 0 Å². The van der Waals surface area contributed by atoms with E-state index in [1.165, 1.54) is 0 Å². The van der Waals surface area contributed by atoms with Gasteiger partial charge in [-0.25, -0.2) is 0 Å². The molecule has 0 bridgehead atoms. The van der Waals surface area contributed by atoms with Gasteiger partial charge in [0.1, 0.15) is 6.42 Å². The normalized spacial score (nSPS) is 16.8. The highest BCUT2D eigenvalue weighted by Gasteiger charge is 2.50. The highest BCUT2D eigenvalue weighted by molar-refractivity contribution is 6.30. The van der Waals surface area contributed by atoms with Crippen molar-refractivity contribution in [2.24, 2.45) is 0 Å². The van der Waals surface area contributed by atoms with E-state index in [0.717, 1.165) is 18.4 Å². The van der Waals surface area contributed by atoms with Crippen molar-refractivity contribution >= 4 is 23.4 Å². The van der Waals surface area contributed by atoms with Gasteiger partial charge in [-0.05, 0) is 30.5 Å². The third-order valence-electron chi connectivity index (χ3n) is 2.99. The topological polar surface area (TPSA) is 54.4 Å². The molecule has 3 nitrogen and oxygen atoms in total. The Kier molecular flexibility index (Phi) is 2.72. The second kappa shape index (κ2) is 3.91. The summed E-state index contributed by atoms with van der Waals surface area (Å²) in [6, 6.07) is 7.06. The molecule has 0 aromatic heterocycles. The number of ketones is 1. The van der Waals surface area contributed by atoms with Crippen molar-refractivity contribution in [3.05, 3.63) is 34.9 Å². The van der Waals surface area contributed by atoms with Crippen LogP contribution in [0.15, 0.2) is 24.3 Å². The SMILES string of the molecule is O=C(O)CC(=O)C1(c2ccc(Cl)cc2)CC1. The maximum atomic E-state index is 11.8. The van der Waals surface area contributed by atoms with Crippen molar-refractivity contribution < 1.29 is 14.7 Å². The summed E-state index contributed by atoms with van der Waals surface area (Å²) in [7, 11) is 0. The molecule has 0 heterocycles. The van der Waals surface area contributed by atoms with E-state index in [1.54, 1.807) is 24.3 Å². The number of carbonyl (C=O) groups excluding carboxylic acids is 1. The van der Waals surface area contributed by atoms with Crippen LogP contribution in [0.25, 0.3) is 0 Å². The fourth-order valence-electron chi connectivity index (χ4n) is 1.93. The van der Waals surface area contributed by atoms with Crippen molar-refractivity contribution in [2.45, 2.75) is 24.7 Å². The molecule has 84 valence electrons. The molecule has 1 saturated carbocycles. The number of hydrogen-bond acceptors (Lipinski definition) is 2. The van der Waals surface area contributed by atoms with Gasteiger partial charge in [0.25, 0.3) is 0 Å². The molecule has 16 heavy (non-hydrogen) atoms. The summed E-state index contributed by atoms with van der Waals surface area (Å²) in [6.07, 6.45) is 1.07. The number of hydrogen-bond donors (Lipinski definition) is 1. The van der Waals surface area contributed by atoms with Gasteiger partial charge in [-0.1, -0.05) is 23.7 Å². The molecule has 0 aliphatic heterocycles. The molecule has 0 unspecified atom stereocenters. The summed E-state index contributed by atoms with van der Waals surface area (Å²) in [5.74, 6) is -1.27. The van der Waals surface area contributed by atoms with Crippen LogP contribution in [0.1, 0.15) is 24.8 Å². The molecule has 0 saturated heterocycles. The molecule has 1 N–H and O–H groups in total. The van der Waals surface area contributed by atoms with E-state index in [4.69, 9.17) is 16.7 Å². The lowest BCUT2D eigenvalue weighted by Gasteiger charge is -2.13. The predicted octanol–water partition coefficient (Wildman–Crippen LogP) is 2.42. The minimum Gasteiger partial charge on any atom is -0.481 e. The van der Waals surface area contributed by atoms with Crippen LogP contribution in [0.2, 0.25) is 5.02 Å². The van der Waals surface area contributed by atoms with Crippen molar-refractivity contribution in [3.8, 4) is 0 Å². The average molecular weight is 239 g/mol. The van der Waals surface area contributed by atoms with Crippen LogP contribution in [0.4, 0.5) is 0 Å². The number of carboxylic acids is 1. The third-order valence-corrected chi connectivity index (χ3v) is 3.24. The van der Waals surface area contributed by atoms with Crippen LogP contribution < -0.4 is 0 Å². The first-order valence-corrected chi connectivity index (χ1v) is 5.43. The van der Waals surface area contributed by atoms with Crippen LogP contribution in [-0.4, -0.2) is 16.9 Å². The Morgan fingerprint density at radius 1 is 1.25 bits per heavy atom. The second-order valence-electron chi connectivity index (χ2n) is 4.08. The highest BCUT2D eigenvalue weighted by atomic mass is 35.5. The number of aliphatic carboxylic acids is 1. The van der Waals surface area contributed by atoms with Crippen molar-refractivity contribution in [1.29, 1.82) is 0 Å². The molecule has 0 spiro atoms. The molecule has 2 rings (SSSR count). The summed E-state index contributed by atoms with van der Waals surface area (Å²) in [5.41, 5.74) is 0.325. The van der Waals surface area contributed by atoms with Crippen molar-refractivity contribution in [1.82, 2.24) is 0 Å². The molecular formula is C12H11ClO3. The minimum atomic E-state index is -1.06. The fraction of sp³-hybridized carbons (Fsp3) is 0.333. The first kappa shape index (κ1) is 11.1. The lowest BCUT2D eigenvalue weighted by molar-refractivity contribution is -0.140. The van der Waals surface area contributed by atoms with Crippen LogP contribution >= 0.6 is 11.6 Å². The molecule has 4 heteroatoms. The zero-order valence-corrected chi connectivity index (χ0v) is 9.33. The Hall–Kier alpha value is -1.35. The zero-order chi connectivity index (χ0) is 11.8. The lowest BCUT2D eigenvalue weighted by Crippen LogP contribution is -2.23. The molecule has 0 amide bonds. The maximum absolute atomic E-state index is 11.8. The first-order chi connectivity index (χ1) is 7.54. The number of Topliss-reactive ketones (excluding diaryl/α,β-unsaturated/α-hetero) is 1. The monoisotopic (exact) mass is 238 g/mol. The minimum absolute atomic E-state index is 0.206. The summed E-state index contributed by atoms with van der Waals surface area (Å²) < 4.78 is 0. The van der Waals surface area contributed by atoms with Crippen molar-refractivity contribution in [2.75, 3.05) is 0 Å². The molecule has 1 aromatic carbocycles. The van der Waals surface area contributed by atoms with Gasteiger partial charge in [0, 0.05) is 5.02 Å². The zero-order valence-electron chi connectivity index (χ0n) is 8.57. The largest absolute Gasteiger partial charge is 0.481 e. The number of carboxylic acid groups (broad SMARTS) is 1. The smallest absolute Gasteiger partial charge is 0.310 e. The van der Waals surface area contributed by atoms with E-state index in [-0.39, 0.29) is 5.78 Å². The summed E-state index contributed by atoms with van der Waals surface area (Å²) in [6.45, 7) is 0. The number of carbonyl (C=O) groups is 2. The summed E-state index contributed by atoms with van der Waals surface area (Å²) in [4.78, 5) is 22.3. The van der Waals surface area contributed by atoms with Crippen molar-refractivity contribution in [3.63, 3.8) is 0 Å². The standard InChI is InChI=1S/C12H11ClO3/c13-9-3-1-8(2-4-9)12(5-6-12)10(14)7-11(15)16/h1-4H,5-7H2,(H,15,16). The van der Waals surface area contributed by atoms with Crippen LogP contribution in [-0.2, 0) is 15.0 Å². The van der Waals surface area contributed by atoms with Gasteiger partial charge >= 0.3 is 5.97 Å². The van der Waals surface area contributed by atoms with E-state index >= 15 is 0 Å². The second-order valence-corrected chi connectivity index (χ2v) is 4.52. The van der Waals surface area contributed by atoms with Crippen LogP contribution in [0.3, 0.4) is 0 Å². The van der Waals surface area contributed by atoms with E-state index in [1.807, 2.05) is 0 Å². The van der Waals surface area contributed by atoms with E-state index < -0.39 is 17.8 Å². The first-order valence-electron chi connectivity index (χ1n) is 5.06. The summed E-state index contributed by atoms with van der Waals surface area (Å²) >= 11 is 5.77. The Morgan fingerprint density at radius 3 is 2.25 bits per heavy atom. The number of benzene rings is 1. The average Bonchev–Trinajstić information content (AvgIpc) is 2.98. The molecule has 1 aliphatic rings. The summed E-state index contributed by atoms with van der Waals surface area (Å²) in [5, 5.41) is 9.24. The van der Waals surface area contributed by atoms with E-state index in [0.29, 0.717) is 5.02 Å². The van der Waals surface area contributed by atoms with E-state index in [9.17, 15) is 9.59 Å². The van der Waals surface area contributed by atoms with Gasteiger partial charge in [-0.2, -0.15) is 0 Å². The Balaban J connectivity index is 2.22. The lowest BCUT2D eigenvalue weighted by atomic mass is 9.90. The fourth-order valence-corrected chi connectivity index (χ4v) is 2.05. The Labute approximate surface area is 98.0 Å².